The highest BCUT2D eigenvalue weighted by molar-refractivity contribution is 6.00. The first-order chi connectivity index (χ1) is 14.5. The van der Waals surface area contributed by atoms with E-state index in [2.05, 4.69) is 0 Å². The van der Waals surface area contributed by atoms with Gasteiger partial charge < -0.3 is 23.8 Å². The highest BCUT2D eigenvalue weighted by atomic mass is 16.6. The fourth-order valence-electron chi connectivity index (χ4n) is 3.36. The van der Waals surface area contributed by atoms with Crippen LogP contribution in [0.5, 0.6) is 23.0 Å². The molecule has 2 aromatic carbocycles. The molecule has 30 heavy (non-hydrogen) atoms. The van der Waals surface area contributed by atoms with Crippen molar-refractivity contribution in [3.63, 3.8) is 0 Å². The third kappa shape index (κ3) is 3.71. The van der Waals surface area contributed by atoms with Crippen molar-refractivity contribution >= 4 is 23.3 Å². The zero-order valence-electron chi connectivity index (χ0n) is 16.0. The van der Waals surface area contributed by atoms with E-state index < -0.39 is 22.5 Å². The number of carbonyl (C=O) groups excluding carboxylic acids is 2. The van der Waals surface area contributed by atoms with E-state index >= 15 is 0 Å². The maximum absolute atomic E-state index is 12.6. The third-order valence-electron chi connectivity index (χ3n) is 4.87. The van der Waals surface area contributed by atoms with Crippen LogP contribution in [0.1, 0.15) is 6.42 Å². The molecule has 0 radical (unpaired) electrons. The number of rotatable bonds is 5. The molecule has 0 aliphatic carbocycles. The molecule has 10 heteroatoms. The third-order valence-corrected chi connectivity index (χ3v) is 4.87. The van der Waals surface area contributed by atoms with Crippen molar-refractivity contribution in [3.8, 4) is 23.0 Å². The summed E-state index contributed by atoms with van der Waals surface area (Å²) in [5.41, 5.74) is 0.186. The molecule has 0 bridgehead atoms. The first-order valence-electron chi connectivity index (χ1n) is 9.20. The van der Waals surface area contributed by atoms with Crippen LogP contribution in [0.25, 0.3) is 0 Å². The maximum atomic E-state index is 12.6. The average molecular weight is 414 g/mol. The Morgan fingerprint density at radius 1 is 1.17 bits per heavy atom. The molecule has 10 nitrogen and oxygen atoms in total. The van der Waals surface area contributed by atoms with E-state index in [-0.39, 0.29) is 30.4 Å². The lowest BCUT2D eigenvalue weighted by atomic mass is 10.1. The molecule has 2 aliphatic heterocycles. The summed E-state index contributed by atoms with van der Waals surface area (Å²) < 4.78 is 21.2. The van der Waals surface area contributed by atoms with Gasteiger partial charge in [-0.3, -0.25) is 19.7 Å². The molecule has 1 amide bonds. The van der Waals surface area contributed by atoms with Gasteiger partial charge in [-0.25, -0.2) is 0 Å². The van der Waals surface area contributed by atoms with E-state index in [1.54, 1.807) is 18.2 Å². The Hall–Kier alpha value is -3.82. The van der Waals surface area contributed by atoms with Crippen molar-refractivity contribution in [2.24, 2.45) is 5.92 Å². The molecule has 1 atom stereocenters. The second-order valence-corrected chi connectivity index (χ2v) is 6.75. The standard InChI is InChI=1S/C20H18N2O8/c1-27-14-3-5-16(15(10-14)22(25)26)30-20(24)12-8-19(23)21(11-12)13-2-4-17-18(9-13)29-7-6-28-17/h2-5,9-10,12H,6-8,11H2,1H3. The SMILES string of the molecule is COc1ccc(OC(=O)C2CC(=O)N(c3ccc4c(c3)OCCO4)C2)c([N+](=O)[O-])c1. The van der Waals surface area contributed by atoms with Crippen molar-refractivity contribution in [2.45, 2.75) is 6.42 Å². The number of anilines is 1. The zero-order chi connectivity index (χ0) is 21.3. The Kier molecular flexibility index (Phi) is 5.13. The maximum Gasteiger partial charge on any atom is 0.316 e. The quantitative estimate of drug-likeness (QED) is 0.317. The number of esters is 1. The first kappa shape index (κ1) is 19.5. The van der Waals surface area contributed by atoms with E-state index in [0.29, 0.717) is 30.4 Å². The van der Waals surface area contributed by atoms with Crippen LogP contribution in [0.4, 0.5) is 11.4 Å². The molecule has 0 spiro atoms. The summed E-state index contributed by atoms with van der Waals surface area (Å²) in [5.74, 6) is -0.522. The predicted octanol–water partition coefficient (Wildman–Crippen LogP) is 2.33. The first-order valence-corrected chi connectivity index (χ1v) is 9.20. The Bertz CT molecular complexity index is 1020. The molecule has 1 unspecified atom stereocenters. The van der Waals surface area contributed by atoms with Crippen LogP contribution in [0.15, 0.2) is 36.4 Å². The average Bonchev–Trinajstić information content (AvgIpc) is 3.15. The van der Waals surface area contributed by atoms with Gasteiger partial charge in [-0.15, -0.1) is 0 Å². The van der Waals surface area contributed by atoms with Gasteiger partial charge in [-0.2, -0.15) is 0 Å². The number of nitrogens with zero attached hydrogens (tertiary/aromatic N) is 2. The van der Waals surface area contributed by atoms with Crippen molar-refractivity contribution in [3.05, 3.63) is 46.5 Å². The molecular weight excluding hydrogens is 396 g/mol. The number of hydrogen-bond donors (Lipinski definition) is 0. The second-order valence-electron chi connectivity index (χ2n) is 6.75. The van der Waals surface area contributed by atoms with Crippen LogP contribution in [0.3, 0.4) is 0 Å². The smallest absolute Gasteiger partial charge is 0.316 e. The van der Waals surface area contributed by atoms with Crippen LogP contribution in [-0.2, 0) is 9.59 Å². The van der Waals surface area contributed by atoms with Gasteiger partial charge in [-0.1, -0.05) is 0 Å². The Morgan fingerprint density at radius 3 is 2.67 bits per heavy atom. The number of amides is 1. The van der Waals surface area contributed by atoms with Crippen molar-refractivity contribution in [1.82, 2.24) is 0 Å². The van der Waals surface area contributed by atoms with Gasteiger partial charge in [-0.05, 0) is 24.3 Å². The Morgan fingerprint density at radius 2 is 1.93 bits per heavy atom. The summed E-state index contributed by atoms with van der Waals surface area (Å²) in [6, 6.07) is 9.04. The van der Waals surface area contributed by atoms with Gasteiger partial charge >= 0.3 is 11.7 Å². The highest BCUT2D eigenvalue weighted by Crippen LogP contribution is 2.37. The lowest BCUT2D eigenvalue weighted by Crippen LogP contribution is -2.27. The summed E-state index contributed by atoms with van der Waals surface area (Å²) in [7, 11) is 1.38. The highest BCUT2D eigenvalue weighted by Gasteiger charge is 2.37. The number of benzene rings is 2. The molecule has 2 heterocycles. The number of carbonyl (C=O) groups is 2. The van der Waals surface area contributed by atoms with Crippen LogP contribution in [0, 0.1) is 16.0 Å². The molecule has 1 fully saturated rings. The summed E-state index contributed by atoms with van der Waals surface area (Å²) >= 11 is 0. The molecule has 4 rings (SSSR count). The van der Waals surface area contributed by atoms with Gasteiger partial charge in [0.15, 0.2) is 11.5 Å². The fraction of sp³-hybridized carbons (Fsp3) is 0.300. The molecule has 0 N–H and O–H groups in total. The summed E-state index contributed by atoms with van der Waals surface area (Å²) in [6.07, 6.45) is -0.0583. The number of ether oxygens (including phenoxy) is 4. The van der Waals surface area contributed by atoms with Crippen molar-refractivity contribution in [1.29, 1.82) is 0 Å². The zero-order valence-corrected chi connectivity index (χ0v) is 16.0. The summed E-state index contributed by atoms with van der Waals surface area (Å²) in [4.78, 5) is 37.2. The number of nitro benzene ring substituents is 1. The van der Waals surface area contributed by atoms with E-state index in [9.17, 15) is 19.7 Å². The van der Waals surface area contributed by atoms with Crippen LogP contribution >= 0.6 is 0 Å². The van der Waals surface area contributed by atoms with E-state index in [0.717, 1.165) is 0 Å². The number of nitro groups is 1. The molecule has 1 saturated heterocycles. The van der Waals surface area contributed by atoms with E-state index in [1.807, 2.05) is 0 Å². The molecular formula is C20H18N2O8. The lowest BCUT2D eigenvalue weighted by Gasteiger charge is -2.22. The monoisotopic (exact) mass is 414 g/mol. The molecule has 0 aromatic heterocycles. The molecule has 156 valence electrons. The van der Waals surface area contributed by atoms with Crippen LogP contribution in [-0.4, -0.2) is 43.7 Å². The van der Waals surface area contributed by atoms with Gasteiger partial charge in [0.2, 0.25) is 11.7 Å². The number of fused-ring (bicyclic) bond motifs is 1. The largest absolute Gasteiger partial charge is 0.496 e. The summed E-state index contributed by atoms with van der Waals surface area (Å²) in [5, 5.41) is 11.3. The Balaban J connectivity index is 1.49. The second kappa shape index (κ2) is 7.90. The Labute approximate surface area is 171 Å². The topological polar surface area (TPSA) is 117 Å². The van der Waals surface area contributed by atoms with E-state index in [1.165, 1.54) is 30.2 Å². The van der Waals surface area contributed by atoms with Crippen molar-refractivity contribution < 1.29 is 33.5 Å². The minimum absolute atomic E-state index is 0.0583. The van der Waals surface area contributed by atoms with Crippen LogP contribution < -0.4 is 23.8 Å². The van der Waals surface area contributed by atoms with Crippen molar-refractivity contribution in [2.75, 3.05) is 31.8 Å². The van der Waals surface area contributed by atoms with Crippen LogP contribution in [0.2, 0.25) is 0 Å². The predicted molar refractivity (Wildman–Crippen MR) is 103 cm³/mol. The van der Waals surface area contributed by atoms with Gasteiger partial charge in [0, 0.05) is 24.7 Å². The molecule has 2 aliphatic rings. The summed E-state index contributed by atoms with van der Waals surface area (Å²) in [6.45, 7) is 0.974. The molecule has 2 aromatic rings. The van der Waals surface area contributed by atoms with Gasteiger partial charge in [0.25, 0.3) is 0 Å². The lowest BCUT2D eigenvalue weighted by molar-refractivity contribution is -0.385. The number of hydrogen-bond acceptors (Lipinski definition) is 8. The number of methoxy groups -OCH3 is 1. The minimum atomic E-state index is -0.757. The minimum Gasteiger partial charge on any atom is -0.496 e. The van der Waals surface area contributed by atoms with E-state index in [4.69, 9.17) is 18.9 Å². The molecule has 0 saturated carbocycles. The normalized spacial score (nSPS) is 17.6. The fourth-order valence-corrected chi connectivity index (χ4v) is 3.36. The van der Waals surface area contributed by atoms with Gasteiger partial charge in [0.05, 0.1) is 24.0 Å². The van der Waals surface area contributed by atoms with Gasteiger partial charge in [0.1, 0.15) is 19.0 Å².